The quantitative estimate of drug-likeness (QED) is 0.564. The van der Waals surface area contributed by atoms with Crippen LogP contribution in [0.15, 0.2) is 6.20 Å². The highest BCUT2D eigenvalue weighted by Gasteiger charge is 2.27. The van der Waals surface area contributed by atoms with E-state index < -0.39 is 4.92 Å². The molecule has 0 amide bonds. The number of hydrogen-bond acceptors (Lipinski definition) is 4. The van der Waals surface area contributed by atoms with E-state index in [1.54, 1.807) is 4.57 Å². The van der Waals surface area contributed by atoms with Crippen LogP contribution >= 0.6 is 0 Å². The van der Waals surface area contributed by atoms with Crippen LogP contribution in [0.25, 0.3) is 0 Å². The molecule has 1 aliphatic rings. The Morgan fingerprint density at radius 3 is 3.27 bits per heavy atom. The highest BCUT2D eigenvalue weighted by molar-refractivity contribution is 5.21. The molecule has 0 aliphatic carbocycles. The van der Waals surface area contributed by atoms with Gasteiger partial charge in [0, 0.05) is 17.9 Å². The number of nitro groups is 1. The van der Waals surface area contributed by atoms with Crippen molar-refractivity contribution in [3.8, 4) is 6.01 Å². The minimum atomic E-state index is -0.497. The SMILES string of the molecule is CCC[C@@H]1CCn2cc([N+](=O)[O-])nc2O1. The maximum atomic E-state index is 10.5. The smallest absolute Gasteiger partial charge is 0.414 e. The molecule has 0 N–H and O–H groups in total. The van der Waals surface area contributed by atoms with Crippen molar-refractivity contribution in [2.75, 3.05) is 0 Å². The molecule has 0 radical (unpaired) electrons. The van der Waals surface area contributed by atoms with Gasteiger partial charge in [0.05, 0.1) is 0 Å². The molecule has 15 heavy (non-hydrogen) atoms. The molecule has 1 atom stereocenters. The van der Waals surface area contributed by atoms with Gasteiger partial charge in [-0.25, -0.2) is 0 Å². The molecule has 1 aromatic heterocycles. The van der Waals surface area contributed by atoms with Crippen LogP contribution in [0.4, 0.5) is 5.82 Å². The van der Waals surface area contributed by atoms with Gasteiger partial charge in [-0.05, 0) is 11.3 Å². The molecule has 0 fully saturated rings. The lowest BCUT2D eigenvalue weighted by molar-refractivity contribution is -0.389. The Morgan fingerprint density at radius 1 is 1.80 bits per heavy atom. The molecule has 0 saturated heterocycles. The van der Waals surface area contributed by atoms with Gasteiger partial charge < -0.3 is 14.9 Å². The second-order valence-corrected chi connectivity index (χ2v) is 3.65. The molecular formula is C9H13N3O3. The first-order chi connectivity index (χ1) is 7.20. The Balaban J connectivity index is 2.15. The topological polar surface area (TPSA) is 70.2 Å². The molecule has 6 nitrogen and oxygen atoms in total. The normalized spacial score (nSPS) is 19.4. The van der Waals surface area contributed by atoms with Crippen LogP contribution in [0.5, 0.6) is 6.01 Å². The number of hydrogen-bond donors (Lipinski definition) is 0. The summed E-state index contributed by atoms with van der Waals surface area (Å²) >= 11 is 0. The summed E-state index contributed by atoms with van der Waals surface area (Å²) in [6, 6.07) is 0.381. The van der Waals surface area contributed by atoms with E-state index in [1.807, 2.05) is 0 Å². The number of fused-ring (bicyclic) bond motifs is 1. The van der Waals surface area contributed by atoms with E-state index in [2.05, 4.69) is 11.9 Å². The maximum absolute atomic E-state index is 10.5. The summed E-state index contributed by atoms with van der Waals surface area (Å²) in [6.07, 6.45) is 4.50. The molecule has 2 rings (SSSR count). The lowest BCUT2D eigenvalue weighted by Gasteiger charge is -2.21. The Bertz CT molecular complexity index is 375. The van der Waals surface area contributed by atoms with Crippen LogP contribution in [0, 0.1) is 10.1 Å². The fourth-order valence-electron chi connectivity index (χ4n) is 1.74. The van der Waals surface area contributed by atoms with E-state index in [9.17, 15) is 10.1 Å². The first kappa shape index (κ1) is 9.95. The average Bonchev–Trinajstić information content (AvgIpc) is 2.61. The first-order valence-electron chi connectivity index (χ1n) is 5.09. The fourth-order valence-corrected chi connectivity index (χ4v) is 1.74. The monoisotopic (exact) mass is 211 g/mol. The Hall–Kier alpha value is -1.59. The third kappa shape index (κ3) is 1.93. The van der Waals surface area contributed by atoms with Crippen LogP contribution in [0.1, 0.15) is 26.2 Å². The Labute approximate surface area is 87.0 Å². The summed E-state index contributed by atoms with van der Waals surface area (Å²) in [4.78, 5) is 13.8. The van der Waals surface area contributed by atoms with Crippen molar-refractivity contribution in [3.05, 3.63) is 16.3 Å². The summed E-state index contributed by atoms with van der Waals surface area (Å²) in [5.41, 5.74) is 0. The molecule has 0 unspecified atom stereocenters. The van der Waals surface area contributed by atoms with Crippen LogP contribution in [0.3, 0.4) is 0 Å². The zero-order chi connectivity index (χ0) is 10.8. The van der Waals surface area contributed by atoms with Crippen LogP contribution in [-0.2, 0) is 6.54 Å². The van der Waals surface area contributed by atoms with Crippen molar-refractivity contribution in [3.63, 3.8) is 0 Å². The van der Waals surface area contributed by atoms with Crippen molar-refractivity contribution < 1.29 is 9.66 Å². The summed E-state index contributed by atoms with van der Waals surface area (Å²) in [6.45, 7) is 2.84. The summed E-state index contributed by atoms with van der Waals surface area (Å²) in [5.74, 6) is -0.137. The third-order valence-electron chi connectivity index (χ3n) is 2.49. The van der Waals surface area contributed by atoms with Crippen LogP contribution < -0.4 is 4.74 Å². The van der Waals surface area contributed by atoms with E-state index in [0.29, 0.717) is 6.01 Å². The average molecular weight is 211 g/mol. The predicted molar refractivity (Wildman–Crippen MR) is 52.8 cm³/mol. The molecule has 82 valence electrons. The third-order valence-corrected chi connectivity index (χ3v) is 2.49. The van der Waals surface area contributed by atoms with Gasteiger partial charge in [0.25, 0.3) is 0 Å². The number of ether oxygens (including phenoxy) is 1. The molecule has 0 spiro atoms. The minimum Gasteiger partial charge on any atom is -0.442 e. The van der Waals surface area contributed by atoms with Gasteiger partial charge in [0.15, 0.2) is 0 Å². The standard InChI is InChI=1S/C9H13N3O3/c1-2-3-7-4-5-11-6-8(12(13)14)10-9(11)15-7/h6-7H,2-5H2,1H3/t7-/m1/s1. The minimum absolute atomic E-state index is 0.137. The Morgan fingerprint density at radius 2 is 2.60 bits per heavy atom. The van der Waals surface area contributed by atoms with Crippen molar-refractivity contribution in [1.29, 1.82) is 0 Å². The summed E-state index contributed by atoms with van der Waals surface area (Å²) in [5, 5.41) is 10.5. The van der Waals surface area contributed by atoms with Gasteiger partial charge in [0.2, 0.25) is 0 Å². The van der Waals surface area contributed by atoms with Crippen molar-refractivity contribution in [1.82, 2.24) is 9.55 Å². The first-order valence-corrected chi connectivity index (χ1v) is 5.09. The zero-order valence-corrected chi connectivity index (χ0v) is 8.55. The van der Waals surface area contributed by atoms with Gasteiger partial charge in [-0.1, -0.05) is 13.3 Å². The number of nitrogens with zero attached hydrogens (tertiary/aromatic N) is 3. The van der Waals surface area contributed by atoms with E-state index in [-0.39, 0.29) is 11.9 Å². The van der Waals surface area contributed by atoms with Gasteiger partial charge >= 0.3 is 11.8 Å². The molecule has 1 aromatic rings. The number of aromatic nitrogens is 2. The van der Waals surface area contributed by atoms with E-state index >= 15 is 0 Å². The predicted octanol–water partition coefficient (Wildman–Crippen LogP) is 1.74. The van der Waals surface area contributed by atoms with Crippen LogP contribution in [0.2, 0.25) is 0 Å². The van der Waals surface area contributed by atoms with Crippen molar-refractivity contribution in [2.45, 2.75) is 38.8 Å². The number of aryl methyl sites for hydroxylation is 1. The van der Waals surface area contributed by atoms with Gasteiger partial charge in [-0.2, -0.15) is 0 Å². The zero-order valence-electron chi connectivity index (χ0n) is 8.55. The Kier molecular flexibility index (Phi) is 2.57. The van der Waals surface area contributed by atoms with Gasteiger partial charge in [-0.3, -0.25) is 4.57 Å². The summed E-state index contributed by atoms with van der Waals surface area (Å²) < 4.78 is 7.25. The van der Waals surface area contributed by atoms with E-state index in [1.165, 1.54) is 6.20 Å². The molecule has 2 heterocycles. The molecule has 6 heteroatoms. The maximum Gasteiger partial charge on any atom is 0.414 e. The molecule has 0 saturated carbocycles. The molecule has 0 aromatic carbocycles. The lowest BCUT2D eigenvalue weighted by Crippen LogP contribution is -2.25. The highest BCUT2D eigenvalue weighted by atomic mass is 16.6. The van der Waals surface area contributed by atoms with Crippen molar-refractivity contribution >= 4 is 5.82 Å². The number of rotatable bonds is 3. The van der Waals surface area contributed by atoms with Crippen LogP contribution in [-0.4, -0.2) is 20.6 Å². The number of imidazole rings is 1. The second-order valence-electron chi connectivity index (χ2n) is 3.65. The highest BCUT2D eigenvalue weighted by Crippen LogP contribution is 2.25. The molecule has 0 bridgehead atoms. The van der Waals surface area contributed by atoms with Gasteiger partial charge in [-0.15, -0.1) is 0 Å². The van der Waals surface area contributed by atoms with Crippen molar-refractivity contribution in [2.24, 2.45) is 0 Å². The van der Waals surface area contributed by atoms with E-state index in [4.69, 9.17) is 4.74 Å². The second kappa shape index (κ2) is 3.88. The fraction of sp³-hybridized carbons (Fsp3) is 0.667. The summed E-state index contributed by atoms with van der Waals surface area (Å²) in [7, 11) is 0. The van der Waals surface area contributed by atoms with E-state index in [0.717, 1.165) is 25.8 Å². The van der Waals surface area contributed by atoms with Gasteiger partial charge in [0.1, 0.15) is 12.3 Å². The lowest BCUT2D eigenvalue weighted by atomic mass is 10.1. The largest absolute Gasteiger partial charge is 0.442 e. The molecule has 1 aliphatic heterocycles. The molecular weight excluding hydrogens is 198 g/mol.